The van der Waals surface area contributed by atoms with Gasteiger partial charge >= 0.3 is 0 Å². The summed E-state index contributed by atoms with van der Waals surface area (Å²) in [5.41, 5.74) is 0. The summed E-state index contributed by atoms with van der Waals surface area (Å²) in [5.74, 6) is 0. The van der Waals surface area contributed by atoms with Gasteiger partial charge in [0.05, 0.1) is 0 Å². The van der Waals surface area contributed by atoms with Crippen molar-refractivity contribution < 1.29 is 0 Å². The minimum atomic E-state index is 1.21. The van der Waals surface area contributed by atoms with E-state index in [1.807, 2.05) is 0 Å². The summed E-state index contributed by atoms with van der Waals surface area (Å²) in [5, 5.41) is 0. The molecule has 12 heavy (non-hydrogen) atoms. The summed E-state index contributed by atoms with van der Waals surface area (Å²) >= 11 is 0. The van der Waals surface area contributed by atoms with Crippen molar-refractivity contribution in [3.63, 3.8) is 0 Å². The van der Waals surface area contributed by atoms with Crippen LogP contribution in [0.5, 0.6) is 0 Å². The van der Waals surface area contributed by atoms with E-state index in [4.69, 9.17) is 0 Å². The summed E-state index contributed by atoms with van der Waals surface area (Å²) in [7, 11) is 0. The number of hydrogen-bond donors (Lipinski definition) is 0. The quantitative estimate of drug-likeness (QED) is 0.472. The van der Waals surface area contributed by atoms with E-state index in [1.165, 1.54) is 38.5 Å². The molecule has 66 valence electrons. The fraction of sp³-hybridized carbons (Fsp3) is 0.500. The first-order chi connectivity index (χ1) is 6.00. The summed E-state index contributed by atoms with van der Waals surface area (Å²) in [6.45, 7) is 0. The highest BCUT2D eigenvalue weighted by atomic mass is 13.9. The Labute approximate surface area is 75.7 Å². The van der Waals surface area contributed by atoms with Gasteiger partial charge in [0.2, 0.25) is 0 Å². The first-order valence-electron chi connectivity index (χ1n) is 4.95. The molecule has 0 amide bonds. The van der Waals surface area contributed by atoms with E-state index in [9.17, 15) is 0 Å². The fourth-order valence-corrected chi connectivity index (χ4v) is 1.28. The molecule has 0 heteroatoms. The summed E-state index contributed by atoms with van der Waals surface area (Å²) in [6, 6.07) is 0. The van der Waals surface area contributed by atoms with Crippen LogP contribution in [0.25, 0.3) is 0 Å². The molecule has 0 aliphatic heterocycles. The van der Waals surface area contributed by atoms with Crippen molar-refractivity contribution in [1.82, 2.24) is 0 Å². The summed E-state index contributed by atoms with van der Waals surface area (Å²) in [4.78, 5) is 0. The number of allylic oxidation sites excluding steroid dienone is 6. The van der Waals surface area contributed by atoms with Gasteiger partial charge in [-0.05, 0) is 38.5 Å². The molecule has 0 bridgehead atoms. The molecule has 0 radical (unpaired) electrons. The van der Waals surface area contributed by atoms with Gasteiger partial charge in [-0.1, -0.05) is 36.5 Å². The highest BCUT2D eigenvalue weighted by Gasteiger charge is 1.82. The van der Waals surface area contributed by atoms with Crippen LogP contribution < -0.4 is 0 Å². The van der Waals surface area contributed by atoms with Crippen LogP contribution in [-0.4, -0.2) is 0 Å². The van der Waals surface area contributed by atoms with Gasteiger partial charge in [-0.25, -0.2) is 0 Å². The van der Waals surface area contributed by atoms with Crippen LogP contribution in [0.3, 0.4) is 0 Å². The molecule has 0 fully saturated rings. The lowest BCUT2D eigenvalue weighted by Gasteiger charge is -1.92. The lowest BCUT2D eigenvalue weighted by molar-refractivity contribution is 0.962. The van der Waals surface area contributed by atoms with Gasteiger partial charge in [0, 0.05) is 0 Å². The highest BCUT2D eigenvalue weighted by Crippen LogP contribution is 2.02. The molecule has 0 N–H and O–H groups in total. The molecule has 0 aromatic rings. The van der Waals surface area contributed by atoms with Crippen molar-refractivity contribution in [3.05, 3.63) is 36.5 Å². The Balaban J connectivity index is 2.30. The summed E-state index contributed by atoms with van der Waals surface area (Å²) in [6.07, 6.45) is 21.0. The molecular weight excluding hydrogens is 144 g/mol. The molecule has 1 aliphatic rings. The minimum absolute atomic E-state index is 1.21. The van der Waals surface area contributed by atoms with Gasteiger partial charge in [-0.3, -0.25) is 0 Å². The van der Waals surface area contributed by atoms with Crippen molar-refractivity contribution in [2.45, 2.75) is 38.5 Å². The van der Waals surface area contributed by atoms with Crippen LogP contribution in [0.1, 0.15) is 38.5 Å². The van der Waals surface area contributed by atoms with Gasteiger partial charge in [-0.2, -0.15) is 0 Å². The molecule has 0 nitrogen and oxygen atoms in total. The van der Waals surface area contributed by atoms with E-state index >= 15 is 0 Å². The largest absolute Gasteiger partial charge is 0.0882 e. The lowest BCUT2D eigenvalue weighted by atomic mass is 10.1. The molecule has 0 unspecified atom stereocenters. The molecule has 0 atom stereocenters. The zero-order valence-corrected chi connectivity index (χ0v) is 7.71. The molecule has 1 aliphatic carbocycles. The second kappa shape index (κ2) is 6.90. The number of rotatable bonds is 0. The maximum absolute atomic E-state index is 2.29. The summed E-state index contributed by atoms with van der Waals surface area (Å²) < 4.78 is 0. The van der Waals surface area contributed by atoms with Crippen molar-refractivity contribution in [3.8, 4) is 0 Å². The first-order valence-corrected chi connectivity index (χ1v) is 4.95. The third-order valence-electron chi connectivity index (χ3n) is 2.00. The Morgan fingerprint density at radius 2 is 0.500 bits per heavy atom. The molecule has 1 rings (SSSR count). The smallest absolute Gasteiger partial charge is 0.0316 e. The van der Waals surface area contributed by atoms with Gasteiger partial charge in [0.15, 0.2) is 0 Å². The second-order valence-electron chi connectivity index (χ2n) is 3.15. The van der Waals surface area contributed by atoms with Crippen molar-refractivity contribution >= 4 is 0 Å². The maximum Gasteiger partial charge on any atom is -0.0316 e. The zero-order chi connectivity index (χ0) is 8.49. The third-order valence-corrected chi connectivity index (χ3v) is 2.00. The first kappa shape index (κ1) is 9.31. The third kappa shape index (κ3) is 4.95. The maximum atomic E-state index is 2.29. The Hall–Kier alpha value is -0.780. The van der Waals surface area contributed by atoms with Gasteiger partial charge < -0.3 is 0 Å². The predicted molar refractivity (Wildman–Crippen MR) is 55.1 cm³/mol. The predicted octanol–water partition coefficient (Wildman–Crippen LogP) is 4.01. The molecule has 0 saturated carbocycles. The van der Waals surface area contributed by atoms with E-state index in [0.717, 1.165) is 0 Å². The van der Waals surface area contributed by atoms with Crippen molar-refractivity contribution in [1.29, 1.82) is 0 Å². The fourth-order valence-electron chi connectivity index (χ4n) is 1.28. The van der Waals surface area contributed by atoms with Gasteiger partial charge in [-0.15, -0.1) is 0 Å². The van der Waals surface area contributed by atoms with Crippen LogP contribution in [-0.2, 0) is 0 Å². The van der Waals surface area contributed by atoms with E-state index in [1.54, 1.807) is 0 Å². The highest BCUT2D eigenvalue weighted by molar-refractivity contribution is 4.93. The van der Waals surface area contributed by atoms with Crippen LogP contribution in [0.15, 0.2) is 36.5 Å². The average molecular weight is 162 g/mol. The zero-order valence-electron chi connectivity index (χ0n) is 7.71. The van der Waals surface area contributed by atoms with Crippen LogP contribution in [0, 0.1) is 0 Å². The SMILES string of the molecule is C1=CCC/C=C/CC/C=C\CC1. The Bertz CT molecular complexity index is 121. The molecular formula is C12H18. The van der Waals surface area contributed by atoms with E-state index < -0.39 is 0 Å². The van der Waals surface area contributed by atoms with Crippen LogP contribution in [0.4, 0.5) is 0 Å². The Kier molecular flexibility index (Phi) is 5.35. The molecule has 0 aromatic carbocycles. The van der Waals surface area contributed by atoms with E-state index in [0.29, 0.717) is 0 Å². The standard InChI is InChI=1S/C12H18/c1-2-4-6-8-10-12-11-9-7-5-3-1/h1-2,7-10H,3-6,11-12H2/b2-1-,9-7+,10-8?. The monoisotopic (exact) mass is 162 g/mol. The lowest BCUT2D eigenvalue weighted by Crippen LogP contribution is -1.71. The van der Waals surface area contributed by atoms with Gasteiger partial charge in [0.1, 0.15) is 0 Å². The Morgan fingerprint density at radius 1 is 0.333 bits per heavy atom. The van der Waals surface area contributed by atoms with Crippen LogP contribution in [0.2, 0.25) is 0 Å². The van der Waals surface area contributed by atoms with E-state index in [2.05, 4.69) is 36.5 Å². The molecule has 0 saturated heterocycles. The van der Waals surface area contributed by atoms with E-state index in [-0.39, 0.29) is 0 Å². The van der Waals surface area contributed by atoms with Crippen LogP contribution >= 0.6 is 0 Å². The average Bonchev–Trinajstić information content (AvgIpc) is 2.05. The molecule has 0 heterocycles. The van der Waals surface area contributed by atoms with Gasteiger partial charge in [0.25, 0.3) is 0 Å². The number of hydrogen-bond acceptors (Lipinski definition) is 0. The Morgan fingerprint density at radius 3 is 0.667 bits per heavy atom. The second-order valence-corrected chi connectivity index (χ2v) is 3.15. The van der Waals surface area contributed by atoms with Crippen molar-refractivity contribution in [2.75, 3.05) is 0 Å². The molecule has 0 aromatic heterocycles. The topological polar surface area (TPSA) is 0 Å². The minimum Gasteiger partial charge on any atom is -0.0882 e. The van der Waals surface area contributed by atoms with Crippen molar-refractivity contribution in [2.24, 2.45) is 0 Å². The molecule has 0 spiro atoms. The normalized spacial score (nSPS) is 25.3.